The van der Waals surface area contributed by atoms with Crippen molar-refractivity contribution in [1.29, 1.82) is 0 Å². The molecule has 0 aliphatic carbocycles. The van der Waals surface area contributed by atoms with Gasteiger partial charge in [0, 0.05) is 19.7 Å². The van der Waals surface area contributed by atoms with Gasteiger partial charge in [-0.1, -0.05) is 54.6 Å². The fraction of sp³-hybridized carbons (Fsp3) is 0.200. The van der Waals surface area contributed by atoms with E-state index in [2.05, 4.69) is 10.6 Å². The number of carbonyl (C=O) groups is 2. The minimum atomic E-state index is -3.51. The highest BCUT2D eigenvalue weighted by Crippen LogP contribution is 2.20. The van der Waals surface area contributed by atoms with Gasteiger partial charge in [0.1, 0.15) is 0 Å². The van der Waals surface area contributed by atoms with E-state index in [1.807, 2.05) is 42.5 Å². The van der Waals surface area contributed by atoms with E-state index in [1.54, 1.807) is 31.2 Å². The molecule has 7 nitrogen and oxygen atoms in total. The van der Waals surface area contributed by atoms with Crippen molar-refractivity contribution in [2.24, 2.45) is 0 Å². The predicted octanol–water partition coefficient (Wildman–Crippen LogP) is 3.21. The summed E-state index contributed by atoms with van der Waals surface area (Å²) in [5.74, 6) is -0.683. The van der Waals surface area contributed by atoms with Crippen LogP contribution in [0.1, 0.15) is 28.9 Å². The third-order valence-electron chi connectivity index (χ3n) is 5.20. The van der Waals surface area contributed by atoms with E-state index in [-0.39, 0.29) is 29.3 Å². The summed E-state index contributed by atoms with van der Waals surface area (Å²) in [6.07, 6.45) is 0. The monoisotopic (exact) mass is 465 g/mol. The molecule has 0 spiro atoms. The number of nitrogens with one attached hydrogen (secondary N) is 2. The molecular formula is C25H27N3O4S. The van der Waals surface area contributed by atoms with Crippen molar-refractivity contribution in [1.82, 2.24) is 14.9 Å². The molecule has 0 aliphatic heterocycles. The highest BCUT2D eigenvalue weighted by Gasteiger charge is 2.18. The fourth-order valence-corrected chi connectivity index (χ4v) is 4.12. The second-order valence-electron chi connectivity index (χ2n) is 7.77. The Morgan fingerprint density at radius 2 is 1.42 bits per heavy atom. The molecule has 0 aliphatic rings. The van der Waals surface area contributed by atoms with Gasteiger partial charge in [-0.25, -0.2) is 12.7 Å². The second kappa shape index (κ2) is 10.4. The van der Waals surface area contributed by atoms with Crippen LogP contribution in [0.25, 0.3) is 11.1 Å². The average Bonchev–Trinajstić information content (AvgIpc) is 2.83. The Hall–Kier alpha value is -3.49. The Bertz CT molecular complexity index is 1210. The van der Waals surface area contributed by atoms with Crippen LogP contribution in [0.5, 0.6) is 0 Å². The number of nitrogens with zero attached hydrogens (tertiary/aromatic N) is 1. The van der Waals surface area contributed by atoms with Crippen LogP contribution in [0.15, 0.2) is 83.8 Å². The number of carbonyl (C=O) groups excluding carboxylic acids is 2. The summed E-state index contributed by atoms with van der Waals surface area (Å²) in [6.45, 7) is 1.62. The molecule has 0 fully saturated rings. The maximum Gasteiger partial charge on any atom is 0.251 e. The molecule has 0 heterocycles. The zero-order valence-corrected chi connectivity index (χ0v) is 19.6. The summed E-state index contributed by atoms with van der Waals surface area (Å²) >= 11 is 0. The Morgan fingerprint density at radius 1 is 0.848 bits per heavy atom. The van der Waals surface area contributed by atoms with Crippen LogP contribution in [0.3, 0.4) is 0 Å². The SMILES string of the molecule is CC(NC(=O)CNC(=O)c1ccc(-c2ccccc2)cc1)c1ccc(S(=O)(=O)N(C)C)cc1. The van der Waals surface area contributed by atoms with Crippen LogP contribution >= 0.6 is 0 Å². The Morgan fingerprint density at radius 3 is 2.00 bits per heavy atom. The molecule has 3 aromatic carbocycles. The van der Waals surface area contributed by atoms with E-state index < -0.39 is 10.0 Å². The van der Waals surface area contributed by atoms with Gasteiger partial charge in [-0.2, -0.15) is 0 Å². The van der Waals surface area contributed by atoms with Crippen molar-refractivity contribution in [3.05, 3.63) is 90.0 Å². The van der Waals surface area contributed by atoms with Crippen molar-refractivity contribution in [2.45, 2.75) is 17.9 Å². The van der Waals surface area contributed by atoms with Crippen LogP contribution in [0.4, 0.5) is 0 Å². The Labute approximate surface area is 194 Å². The molecule has 8 heteroatoms. The third-order valence-corrected chi connectivity index (χ3v) is 7.03. The van der Waals surface area contributed by atoms with Crippen molar-refractivity contribution in [3.63, 3.8) is 0 Å². The maximum atomic E-state index is 12.4. The van der Waals surface area contributed by atoms with Gasteiger partial charge < -0.3 is 10.6 Å². The number of rotatable bonds is 8. The lowest BCUT2D eigenvalue weighted by atomic mass is 10.0. The lowest BCUT2D eigenvalue weighted by Gasteiger charge is -2.16. The van der Waals surface area contributed by atoms with Crippen molar-refractivity contribution < 1.29 is 18.0 Å². The molecule has 0 saturated carbocycles. The van der Waals surface area contributed by atoms with Gasteiger partial charge in [0.05, 0.1) is 17.5 Å². The maximum absolute atomic E-state index is 12.4. The zero-order valence-electron chi connectivity index (χ0n) is 18.8. The van der Waals surface area contributed by atoms with Gasteiger partial charge in [-0.3, -0.25) is 9.59 Å². The van der Waals surface area contributed by atoms with Gasteiger partial charge in [0.25, 0.3) is 5.91 Å². The molecule has 0 radical (unpaired) electrons. The minimum Gasteiger partial charge on any atom is -0.348 e. The summed E-state index contributed by atoms with van der Waals surface area (Å²) in [7, 11) is -0.567. The summed E-state index contributed by atoms with van der Waals surface area (Å²) < 4.78 is 25.5. The van der Waals surface area contributed by atoms with E-state index in [1.165, 1.54) is 26.2 Å². The predicted molar refractivity (Wildman–Crippen MR) is 128 cm³/mol. The second-order valence-corrected chi connectivity index (χ2v) is 9.92. The largest absolute Gasteiger partial charge is 0.348 e. The molecule has 1 unspecified atom stereocenters. The lowest BCUT2D eigenvalue weighted by molar-refractivity contribution is -0.120. The van der Waals surface area contributed by atoms with Crippen molar-refractivity contribution >= 4 is 21.8 Å². The first-order valence-corrected chi connectivity index (χ1v) is 11.9. The molecule has 2 amide bonds. The van der Waals surface area contributed by atoms with Crippen LogP contribution in [0, 0.1) is 0 Å². The Balaban J connectivity index is 1.53. The lowest BCUT2D eigenvalue weighted by Crippen LogP contribution is -2.38. The topological polar surface area (TPSA) is 95.6 Å². The molecule has 3 rings (SSSR count). The van der Waals surface area contributed by atoms with Gasteiger partial charge in [-0.15, -0.1) is 0 Å². The summed E-state index contributed by atoms with van der Waals surface area (Å²) in [5, 5.41) is 5.42. The van der Waals surface area contributed by atoms with Crippen LogP contribution in [-0.4, -0.2) is 45.2 Å². The van der Waals surface area contributed by atoms with E-state index in [0.717, 1.165) is 21.0 Å². The third kappa shape index (κ3) is 6.06. The molecule has 33 heavy (non-hydrogen) atoms. The van der Waals surface area contributed by atoms with Crippen molar-refractivity contribution in [2.75, 3.05) is 20.6 Å². The number of sulfonamides is 1. The quantitative estimate of drug-likeness (QED) is 0.534. The number of benzene rings is 3. The highest BCUT2D eigenvalue weighted by atomic mass is 32.2. The van der Waals surface area contributed by atoms with Gasteiger partial charge >= 0.3 is 0 Å². The molecule has 1 atom stereocenters. The molecule has 172 valence electrons. The molecule has 0 saturated heterocycles. The first-order chi connectivity index (χ1) is 15.7. The van der Waals surface area contributed by atoms with E-state index in [9.17, 15) is 18.0 Å². The van der Waals surface area contributed by atoms with Gasteiger partial charge in [-0.05, 0) is 47.9 Å². The summed E-state index contributed by atoms with van der Waals surface area (Å²) in [4.78, 5) is 24.9. The first kappa shape index (κ1) is 24.2. The standard InChI is InChI=1S/C25H27N3O4S/c1-18(19-13-15-23(16-14-19)33(31,32)28(2)3)27-24(29)17-26-25(30)22-11-9-21(10-12-22)20-7-5-4-6-8-20/h4-16,18H,17H2,1-3H3,(H,26,30)(H,27,29). The smallest absolute Gasteiger partial charge is 0.251 e. The van der Waals surface area contributed by atoms with Gasteiger partial charge in [0.2, 0.25) is 15.9 Å². The van der Waals surface area contributed by atoms with Crippen molar-refractivity contribution in [3.8, 4) is 11.1 Å². The van der Waals surface area contributed by atoms with Gasteiger partial charge in [0.15, 0.2) is 0 Å². The Kier molecular flexibility index (Phi) is 7.63. The van der Waals surface area contributed by atoms with Crippen LogP contribution in [-0.2, 0) is 14.8 Å². The normalized spacial score (nSPS) is 12.2. The number of amides is 2. The summed E-state index contributed by atoms with van der Waals surface area (Å²) in [5.41, 5.74) is 3.28. The van der Waals surface area contributed by atoms with Crippen LogP contribution in [0.2, 0.25) is 0 Å². The zero-order chi connectivity index (χ0) is 24.0. The first-order valence-electron chi connectivity index (χ1n) is 10.4. The molecule has 3 aromatic rings. The number of hydrogen-bond acceptors (Lipinski definition) is 4. The molecule has 0 bridgehead atoms. The highest BCUT2D eigenvalue weighted by molar-refractivity contribution is 7.89. The molecule has 0 aromatic heterocycles. The van der Waals surface area contributed by atoms with Crippen LogP contribution < -0.4 is 10.6 Å². The number of hydrogen-bond donors (Lipinski definition) is 2. The summed E-state index contributed by atoms with van der Waals surface area (Å²) in [6, 6.07) is 23.0. The van der Waals surface area contributed by atoms with E-state index in [4.69, 9.17) is 0 Å². The average molecular weight is 466 g/mol. The molecule has 2 N–H and O–H groups in total. The minimum absolute atomic E-state index is 0.170. The fourth-order valence-electron chi connectivity index (χ4n) is 3.22. The molecular weight excluding hydrogens is 438 g/mol. The van der Waals surface area contributed by atoms with E-state index >= 15 is 0 Å². The van der Waals surface area contributed by atoms with E-state index in [0.29, 0.717) is 5.56 Å².